The quantitative estimate of drug-likeness (QED) is 0.506. The van der Waals surface area contributed by atoms with Crippen molar-refractivity contribution >= 4 is 60.6 Å². The lowest BCUT2D eigenvalue weighted by Crippen LogP contribution is -2.21. The van der Waals surface area contributed by atoms with Crippen LogP contribution in [0.4, 0.5) is 5.69 Å². The van der Waals surface area contributed by atoms with Crippen LogP contribution in [-0.4, -0.2) is 38.1 Å². The van der Waals surface area contributed by atoms with Crippen molar-refractivity contribution in [1.82, 2.24) is 4.98 Å². The normalized spacial score (nSPS) is 11.4. The SMILES string of the molecule is CS(=O)(=O)c1ccc(Cl)c(NC(=O)COC(=O)CCCc2nc3ccccc3s2)c1. The molecular formula is C20H19ClN2O5S2. The van der Waals surface area contributed by atoms with Gasteiger partial charge in [0, 0.05) is 12.7 Å². The van der Waals surface area contributed by atoms with Gasteiger partial charge in [-0.15, -0.1) is 11.3 Å². The van der Waals surface area contributed by atoms with Crippen molar-refractivity contribution in [2.75, 3.05) is 18.2 Å². The maximum atomic E-state index is 12.0. The van der Waals surface area contributed by atoms with Gasteiger partial charge in [-0.3, -0.25) is 9.59 Å². The number of aromatic nitrogens is 1. The Hall–Kier alpha value is -2.49. The first kappa shape index (κ1) is 22.2. The molecule has 1 aromatic heterocycles. The molecule has 7 nitrogen and oxygen atoms in total. The lowest BCUT2D eigenvalue weighted by Gasteiger charge is -2.09. The van der Waals surface area contributed by atoms with E-state index in [0.29, 0.717) is 12.8 Å². The van der Waals surface area contributed by atoms with E-state index in [1.807, 2.05) is 24.3 Å². The summed E-state index contributed by atoms with van der Waals surface area (Å²) in [5.41, 5.74) is 1.08. The number of carbonyl (C=O) groups excluding carboxylic acids is 2. The number of esters is 1. The van der Waals surface area contributed by atoms with Gasteiger partial charge in [0.2, 0.25) is 0 Å². The van der Waals surface area contributed by atoms with Crippen molar-refractivity contribution in [2.24, 2.45) is 0 Å². The predicted octanol–water partition coefficient (Wildman–Crippen LogP) is 3.86. The van der Waals surface area contributed by atoms with Gasteiger partial charge < -0.3 is 10.1 Å². The third kappa shape index (κ3) is 6.01. The van der Waals surface area contributed by atoms with E-state index < -0.39 is 28.3 Å². The number of nitrogens with one attached hydrogen (secondary N) is 1. The second-order valence-electron chi connectivity index (χ2n) is 6.55. The van der Waals surface area contributed by atoms with Gasteiger partial charge in [0.25, 0.3) is 5.91 Å². The van der Waals surface area contributed by atoms with Crippen LogP contribution in [0.15, 0.2) is 47.4 Å². The summed E-state index contributed by atoms with van der Waals surface area (Å²) in [4.78, 5) is 28.4. The Bertz CT molecular complexity index is 1160. The van der Waals surface area contributed by atoms with E-state index in [2.05, 4.69) is 10.3 Å². The maximum Gasteiger partial charge on any atom is 0.306 e. The molecule has 0 aliphatic rings. The van der Waals surface area contributed by atoms with Gasteiger partial charge in [0.15, 0.2) is 16.4 Å². The number of rotatable bonds is 8. The highest BCUT2D eigenvalue weighted by Crippen LogP contribution is 2.25. The van der Waals surface area contributed by atoms with Crippen LogP contribution < -0.4 is 5.32 Å². The Labute approximate surface area is 182 Å². The van der Waals surface area contributed by atoms with Crippen molar-refractivity contribution in [1.29, 1.82) is 0 Å². The monoisotopic (exact) mass is 466 g/mol. The van der Waals surface area contributed by atoms with E-state index in [1.165, 1.54) is 18.2 Å². The Balaban J connectivity index is 1.45. The lowest BCUT2D eigenvalue weighted by molar-refractivity contribution is -0.147. The summed E-state index contributed by atoms with van der Waals surface area (Å²) in [5, 5.41) is 3.58. The number of sulfone groups is 1. The number of benzene rings is 2. The molecule has 1 heterocycles. The van der Waals surface area contributed by atoms with Crippen LogP contribution >= 0.6 is 22.9 Å². The third-order valence-corrected chi connectivity index (χ3v) is 6.65. The third-order valence-electron chi connectivity index (χ3n) is 4.11. The zero-order valence-corrected chi connectivity index (χ0v) is 18.4. The number of halogens is 1. The number of hydrogen-bond donors (Lipinski definition) is 1. The fraction of sp³-hybridized carbons (Fsp3) is 0.250. The molecule has 1 amide bonds. The van der Waals surface area contributed by atoms with Gasteiger partial charge in [-0.25, -0.2) is 13.4 Å². The highest BCUT2D eigenvalue weighted by Gasteiger charge is 2.14. The van der Waals surface area contributed by atoms with Crippen LogP contribution in [0.1, 0.15) is 17.8 Å². The Kier molecular flexibility index (Phi) is 7.06. The van der Waals surface area contributed by atoms with E-state index in [-0.39, 0.29) is 22.0 Å². The van der Waals surface area contributed by atoms with E-state index in [9.17, 15) is 18.0 Å². The summed E-state index contributed by atoms with van der Waals surface area (Å²) in [7, 11) is -3.45. The molecular weight excluding hydrogens is 448 g/mol. The van der Waals surface area contributed by atoms with Crippen LogP contribution in [-0.2, 0) is 30.6 Å². The zero-order valence-electron chi connectivity index (χ0n) is 16.1. The lowest BCUT2D eigenvalue weighted by atomic mass is 10.2. The second-order valence-corrected chi connectivity index (χ2v) is 10.1. The highest BCUT2D eigenvalue weighted by molar-refractivity contribution is 7.90. The van der Waals surface area contributed by atoms with Gasteiger partial charge >= 0.3 is 5.97 Å². The van der Waals surface area contributed by atoms with Crippen LogP contribution in [0.25, 0.3) is 10.2 Å². The molecule has 0 radical (unpaired) electrons. The number of hydrogen-bond acceptors (Lipinski definition) is 7. The number of amides is 1. The molecule has 3 aromatic rings. The Morgan fingerprint density at radius 1 is 1.20 bits per heavy atom. The van der Waals surface area contributed by atoms with Crippen molar-refractivity contribution in [3.63, 3.8) is 0 Å². The number of carbonyl (C=O) groups is 2. The maximum absolute atomic E-state index is 12.0. The van der Waals surface area contributed by atoms with E-state index in [1.54, 1.807) is 11.3 Å². The minimum atomic E-state index is -3.45. The molecule has 0 saturated carbocycles. The van der Waals surface area contributed by atoms with Gasteiger partial charge in [-0.2, -0.15) is 0 Å². The van der Waals surface area contributed by atoms with Crippen molar-refractivity contribution in [3.8, 4) is 0 Å². The zero-order chi connectivity index (χ0) is 21.7. The molecule has 0 fully saturated rings. The number of aryl methyl sites for hydroxylation is 1. The number of nitrogens with zero attached hydrogens (tertiary/aromatic N) is 1. The Morgan fingerprint density at radius 2 is 1.97 bits per heavy atom. The number of fused-ring (bicyclic) bond motifs is 1. The summed E-state index contributed by atoms with van der Waals surface area (Å²) in [6.45, 7) is -0.487. The van der Waals surface area contributed by atoms with Gasteiger partial charge in [0.1, 0.15) is 0 Å². The predicted molar refractivity (Wildman–Crippen MR) is 117 cm³/mol. The van der Waals surface area contributed by atoms with Crippen molar-refractivity contribution in [3.05, 3.63) is 52.5 Å². The minimum absolute atomic E-state index is 0.0223. The molecule has 3 rings (SSSR count). The standard InChI is InChI=1S/C20H19ClN2O5S2/c1-30(26,27)13-9-10-14(21)16(11-13)22-18(24)12-28-20(25)8-4-7-19-23-15-5-2-3-6-17(15)29-19/h2-3,5-6,9-11H,4,7-8,12H2,1H3,(H,22,24). The average molecular weight is 467 g/mol. The molecule has 2 aromatic carbocycles. The van der Waals surface area contributed by atoms with Crippen LogP contribution in [0.5, 0.6) is 0 Å². The summed E-state index contributed by atoms with van der Waals surface area (Å²) in [6.07, 6.45) is 2.42. The van der Waals surface area contributed by atoms with Gasteiger partial charge in [0.05, 0.1) is 30.8 Å². The van der Waals surface area contributed by atoms with E-state index in [0.717, 1.165) is 21.5 Å². The Morgan fingerprint density at radius 3 is 2.70 bits per heavy atom. The van der Waals surface area contributed by atoms with Crippen LogP contribution in [0, 0.1) is 0 Å². The molecule has 30 heavy (non-hydrogen) atoms. The molecule has 0 atom stereocenters. The van der Waals surface area contributed by atoms with Gasteiger partial charge in [-0.05, 0) is 43.2 Å². The van der Waals surface area contributed by atoms with Crippen molar-refractivity contribution in [2.45, 2.75) is 24.2 Å². The summed E-state index contributed by atoms with van der Waals surface area (Å²) >= 11 is 7.58. The summed E-state index contributed by atoms with van der Waals surface area (Å²) < 4.78 is 29.3. The molecule has 1 N–H and O–H groups in total. The molecule has 0 unspecified atom stereocenters. The first-order valence-corrected chi connectivity index (χ1v) is 12.1. The number of para-hydroxylation sites is 1. The smallest absolute Gasteiger partial charge is 0.306 e. The van der Waals surface area contributed by atoms with Crippen LogP contribution in [0.3, 0.4) is 0 Å². The topological polar surface area (TPSA) is 102 Å². The molecule has 0 aliphatic heterocycles. The molecule has 0 aliphatic carbocycles. The fourth-order valence-electron chi connectivity index (χ4n) is 2.65. The number of anilines is 1. The highest BCUT2D eigenvalue weighted by atomic mass is 35.5. The van der Waals surface area contributed by atoms with E-state index >= 15 is 0 Å². The molecule has 0 bridgehead atoms. The second kappa shape index (κ2) is 9.55. The minimum Gasteiger partial charge on any atom is -0.456 e. The van der Waals surface area contributed by atoms with Gasteiger partial charge in [-0.1, -0.05) is 23.7 Å². The molecule has 0 saturated heterocycles. The summed E-state index contributed by atoms with van der Waals surface area (Å²) in [5.74, 6) is -1.11. The largest absolute Gasteiger partial charge is 0.456 e. The fourth-order valence-corrected chi connectivity index (χ4v) is 4.47. The average Bonchev–Trinajstić information content (AvgIpc) is 3.10. The molecule has 158 valence electrons. The van der Waals surface area contributed by atoms with E-state index in [4.69, 9.17) is 16.3 Å². The molecule has 10 heteroatoms. The van der Waals surface area contributed by atoms with Crippen molar-refractivity contribution < 1.29 is 22.7 Å². The first-order chi connectivity index (χ1) is 14.2. The summed E-state index contributed by atoms with van der Waals surface area (Å²) in [6, 6.07) is 11.8. The number of thiazole rings is 1. The number of ether oxygens (including phenoxy) is 1. The van der Waals surface area contributed by atoms with Crippen LogP contribution in [0.2, 0.25) is 5.02 Å². The molecule has 0 spiro atoms. The first-order valence-electron chi connectivity index (χ1n) is 9.02.